The van der Waals surface area contributed by atoms with Gasteiger partial charge in [0.2, 0.25) is 0 Å². The fraction of sp³-hybridized carbons (Fsp3) is 0.263. The van der Waals surface area contributed by atoms with Crippen molar-refractivity contribution in [1.29, 1.82) is 0 Å². The lowest BCUT2D eigenvalue weighted by atomic mass is 10.1. The molecule has 0 saturated heterocycles. The summed E-state index contributed by atoms with van der Waals surface area (Å²) in [5.74, 6) is -0.581. The number of carbonyl (C=O) groups is 2. The zero-order chi connectivity index (χ0) is 18.7. The topological polar surface area (TPSA) is 93.7 Å². The summed E-state index contributed by atoms with van der Waals surface area (Å²) in [6, 6.07) is 9.09. The van der Waals surface area contributed by atoms with Gasteiger partial charge in [-0.15, -0.1) is 0 Å². The number of hydrogen-bond acceptors (Lipinski definition) is 4. The lowest BCUT2D eigenvalue weighted by Crippen LogP contribution is -2.22. The van der Waals surface area contributed by atoms with Crippen LogP contribution in [0.4, 0.5) is 0 Å². The molecule has 7 nitrogen and oxygen atoms in total. The van der Waals surface area contributed by atoms with Gasteiger partial charge in [0.1, 0.15) is 17.1 Å². The van der Waals surface area contributed by atoms with E-state index in [0.29, 0.717) is 30.2 Å². The summed E-state index contributed by atoms with van der Waals surface area (Å²) in [7, 11) is 1.63. The van der Waals surface area contributed by atoms with Crippen LogP contribution in [0.5, 0.6) is 0 Å². The third-order valence-electron chi connectivity index (χ3n) is 4.19. The van der Waals surface area contributed by atoms with E-state index < -0.39 is 5.97 Å². The van der Waals surface area contributed by atoms with Crippen LogP contribution in [0.15, 0.2) is 40.9 Å². The highest BCUT2D eigenvalue weighted by atomic mass is 16.5. The Bertz CT molecular complexity index is 954. The average molecular weight is 356 g/mol. The fourth-order valence-corrected chi connectivity index (χ4v) is 2.91. The molecule has 0 saturated carbocycles. The standard InChI is InChI=1S/C19H20N2O5/c1-12-15(19(23)24)9-13(26-12)10-20-18(22)16-11-21(7-8-25-2)17-6-4-3-5-14(16)17/h3-6,9,11H,7-8,10H2,1-2H3,(H,20,22)(H,23,24). The van der Waals surface area contributed by atoms with E-state index in [1.54, 1.807) is 20.2 Å². The van der Waals surface area contributed by atoms with Gasteiger partial charge in [0.15, 0.2) is 0 Å². The predicted molar refractivity (Wildman–Crippen MR) is 95.4 cm³/mol. The number of para-hydroxylation sites is 1. The van der Waals surface area contributed by atoms with E-state index in [4.69, 9.17) is 14.3 Å². The highest BCUT2D eigenvalue weighted by Crippen LogP contribution is 2.22. The van der Waals surface area contributed by atoms with Crippen molar-refractivity contribution in [3.63, 3.8) is 0 Å². The minimum atomic E-state index is -1.05. The van der Waals surface area contributed by atoms with E-state index in [0.717, 1.165) is 10.9 Å². The van der Waals surface area contributed by atoms with Crippen LogP contribution < -0.4 is 5.32 Å². The van der Waals surface area contributed by atoms with Crippen molar-refractivity contribution < 1.29 is 23.8 Å². The molecule has 0 aliphatic heterocycles. The zero-order valence-electron chi connectivity index (χ0n) is 14.6. The van der Waals surface area contributed by atoms with E-state index in [9.17, 15) is 9.59 Å². The predicted octanol–water partition coefficient (Wildman–Crippen LogP) is 2.82. The highest BCUT2D eigenvalue weighted by Gasteiger charge is 2.17. The number of fused-ring (bicyclic) bond motifs is 1. The van der Waals surface area contributed by atoms with Crippen molar-refractivity contribution in [3.8, 4) is 0 Å². The van der Waals surface area contributed by atoms with Crippen molar-refractivity contribution in [3.05, 3.63) is 59.2 Å². The van der Waals surface area contributed by atoms with Crippen molar-refractivity contribution in [2.75, 3.05) is 13.7 Å². The van der Waals surface area contributed by atoms with Crippen LogP contribution in [0.25, 0.3) is 10.9 Å². The number of amides is 1. The minimum absolute atomic E-state index is 0.102. The van der Waals surface area contributed by atoms with Gasteiger partial charge in [0.25, 0.3) is 5.91 Å². The van der Waals surface area contributed by atoms with Gasteiger partial charge in [-0.25, -0.2) is 4.79 Å². The number of aryl methyl sites for hydroxylation is 1. The summed E-state index contributed by atoms with van der Waals surface area (Å²) in [5, 5.41) is 12.7. The molecular weight excluding hydrogens is 336 g/mol. The molecule has 1 amide bonds. The van der Waals surface area contributed by atoms with Crippen LogP contribution in [0.2, 0.25) is 0 Å². The molecule has 2 N–H and O–H groups in total. The van der Waals surface area contributed by atoms with E-state index in [2.05, 4.69) is 5.32 Å². The molecule has 3 aromatic rings. The maximum Gasteiger partial charge on any atom is 0.339 e. The number of nitrogens with zero attached hydrogens (tertiary/aromatic N) is 1. The van der Waals surface area contributed by atoms with Gasteiger partial charge in [-0.1, -0.05) is 18.2 Å². The number of carboxylic acid groups (broad SMARTS) is 1. The first-order chi connectivity index (χ1) is 12.5. The van der Waals surface area contributed by atoms with E-state index >= 15 is 0 Å². The number of furan rings is 1. The van der Waals surface area contributed by atoms with Crippen LogP contribution in [-0.2, 0) is 17.8 Å². The van der Waals surface area contributed by atoms with Gasteiger partial charge < -0.3 is 24.1 Å². The molecule has 0 unspecified atom stereocenters. The third kappa shape index (κ3) is 3.48. The van der Waals surface area contributed by atoms with Gasteiger partial charge in [-0.3, -0.25) is 4.79 Å². The van der Waals surface area contributed by atoms with Crippen LogP contribution in [0.1, 0.15) is 32.2 Å². The molecule has 0 aliphatic rings. The van der Waals surface area contributed by atoms with Gasteiger partial charge in [0.05, 0.1) is 18.7 Å². The summed E-state index contributed by atoms with van der Waals surface area (Å²) in [5.41, 5.74) is 1.61. The fourth-order valence-electron chi connectivity index (χ4n) is 2.91. The second-order valence-corrected chi connectivity index (χ2v) is 5.92. The lowest BCUT2D eigenvalue weighted by molar-refractivity contribution is 0.0694. The molecular formula is C19H20N2O5. The first-order valence-electron chi connectivity index (χ1n) is 8.19. The zero-order valence-corrected chi connectivity index (χ0v) is 14.6. The quantitative estimate of drug-likeness (QED) is 0.679. The van der Waals surface area contributed by atoms with Gasteiger partial charge >= 0.3 is 5.97 Å². The van der Waals surface area contributed by atoms with E-state index in [1.807, 2.05) is 28.8 Å². The summed E-state index contributed by atoms with van der Waals surface area (Å²) in [4.78, 5) is 23.7. The minimum Gasteiger partial charge on any atom is -0.478 e. The Kier molecular flexibility index (Phi) is 5.09. The molecule has 2 aromatic heterocycles. The Morgan fingerprint density at radius 1 is 1.27 bits per heavy atom. The van der Waals surface area contributed by atoms with E-state index in [1.165, 1.54) is 6.07 Å². The largest absolute Gasteiger partial charge is 0.478 e. The molecule has 0 radical (unpaired) electrons. The maximum atomic E-state index is 12.6. The van der Waals surface area contributed by atoms with Gasteiger partial charge in [-0.2, -0.15) is 0 Å². The highest BCUT2D eigenvalue weighted by molar-refractivity contribution is 6.07. The maximum absolute atomic E-state index is 12.6. The van der Waals surface area contributed by atoms with Crippen molar-refractivity contribution in [1.82, 2.24) is 9.88 Å². The number of aromatic nitrogens is 1. The number of methoxy groups -OCH3 is 1. The smallest absolute Gasteiger partial charge is 0.339 e. The Labute approximate surface area is 150 Å². The van der Waals surface area contributed by atoms with Crippen LogP contribution in [0, 0.1) is 6.92 Å². The number of carbonyl (C=O) groups excluding carboxylic acids is 1. The average Bonchev–Trinajstić information content (AvgIpc) is 3.19. The molecule has 26 heavy (non-hydrogen) atoms. The molecule has 0 bridgehead atoms. The summed E-state index contributed by atoms with van der Waals surface area (Å²) >= 11 is 0. The molecule has 2 heterocycles. The van der Waals surface area contributed by atoms with Crippen LogP contribution in [0.3, 0.4) is 0 Å². The van der Waals surface area contributed by atoms with Crippen molar-refractivity contribution >= 4 is 22.8 Å². The van der Waals surface area contributed by atoms with Crippen LogP contribution >= 0.6 is 0 Å². The van der Waals surface area contributed by atoms with Crippen molar-refractivity contribution in [2.24, 2.45) is 0 Å². The lowest BCUT2D eigenvalue weighted by Gasteiger charge is -2.03. The molecule has 3 rings (SSSR count). The molecule has 0 aliphatic carbocycles. The number of hydrogen-bond donors (Lipinski definition) is 2. The molecule has 0 atom stereocenters. The number of ether oxygens (including phenoxy) is 1. The number of nitrogens with one attached hydrogen (secondary N) is 1. The summed E-state index contributed by atoms with van der Waals surface area (Å²) in [6.07, 6.45) is 1.80. The first-order valence-corrected chi connectivity index (χ1v) is 8.19. The monoisotopic (exact) mass is 356 g/mol. The Morgan fingerprint density at radius 2 is 2.04 bits per heavy atom. The first kappa shape index (κ1) is 17.8. The second kappa shape index (κ2) is 7.45. The number of aromatic carboxylic acids is 1. The Hall–Kier alpha value is -3.06. The van der Waals surface area contributed by atoms with E-state index in [-0.39, 0.29) is 18.0 Å². The Balaban J connectivity index is 1.79. The molecule has 0 spiro atoms. The second-order valence-electron chi connectivity index (χ2n) is 5.92. The van der Waals surface area contributed by atoms with Crippen LogP contribution in [-0.4, -0.2) is 35.3 Å². The third-order valence-corrected chi connectivity index (χ3v) is 4.19. The number of carboxylic acids is 1. The van der Waals surface area contributed by atoms with Gasteiger partial charge in [0, 0.05) is 30.8 Å². The summed E-state index contributed by atoms with van der Waals surface area (Å²) in [6.45, 7) is 2.88. The SMILES string of the molecule is COCCn1cc(C(=O)NCc2cc(C(=O)O)c(C)o2)c2ccccc21. The molecule has 7 heteroatoms. The molecule has 136 valence electrons. The summed E-state index contributed by atoms with van der Waals surface area (Å²) < 4.78 is 12.5. The van der Waals surface area contributed by atoms with Crippen molar-refractivity contribution in [2.45, 2.75) is 20.0 Å². The molecule has 1 aromatic carbocycles. The number of benzene rings is 1. The molecule has 0 fully saturated rings. The normalized spacial score (nSPS) is 11.0. The number of rotatable bonds is 7. The Morgan fingerprint density at radius 3 is 2.73 bits per heavy atom. The van der Waals surface area contributed by atoms with Gasteiger partial charge in [-0.05, 0) is 19.1 Å².